The van der Waals surface area contributed by atoms with Crippen molar-refractivity contribution in [2.45, 2.75) is 51.1 Å². The summed E-state index contributed by atoms with van der Waals surface area (Å²) in [5.41, 5.74) is 0.813. The van der Waals surface area contributed by atoms with Gasteiger partial charge in [0.05, 0.1) is 19.9 Å². The molecule has 2 rings (SSSR count). The molecule has 0 saturated heterocycles. The van der Waals surface area contributed by atoms with E-state index in [1.54, 1.807) is 31.4 Å². The van der Waals surface area contributed by atoms with Crippen LogP contribution < -0.4 is 10.1 Å². The van der Waals surface area contributed by atoms with E-state index in [9.17, 15) is 13.2 Å². The Kier molecular flexibility index (Phi) is 7.25. The fourth-order valence-corrected chi connectivity index (χ4v) is 3.82. The number of hydrogen-bond donors (Lipinski definition) is 1. The van der Waals surface area contributed by atoms with E-state index in [4.69, 9.17) is 4.74 Å². The summed E-state index contributed by atoms with van der Waals surface area (Å²) in [5, 5.41) is 3.00. The average Bonchev–Trinajstić information content (AvgIpc) is 2.82. The van der Waals surface area contributed by atoms with Gasteiger partial charge in [-0.2, -0.15) is 4.31 Å². The second kappa shape index (κ2) is 9.20. The Hall–Kier alpha value is -1.60. The zero-order valence-electron chi connectivity index (χ0n) is 15.0. The number of carbonyl (C=O) groups is 1. The normalized spacial score (nSPS) is 16.4. The summed E-state index contributed by atoms with van der Waals surface area (Å²) in [5.74, 6) is 0.478. The number of nitrogens with zero attached hydrogens (tertiary/aromatic N) is 1. The predicted octanol–water partition coefficient (Wildman–Crippen LogP) is 2.30. The molecule has 0 bridgehead atoms. The van der Waals surface area contributed by atoms with Crippen molar-refractivity contribution in [2.24, 2.45) is 0 Å². The maximum atomic E-state index is 12.3. The number of nitrogens with one attached hydrogen (secondary N) is 1. The molecule has 0 spiro atoms. The van der Waals surface area contributed by atoms with E-state index in [0.717, 1.165) is 37.5 Å². The SMILES string of the molecule is COc1ccc(CN(CC(=O)NC2CCCCCC2)S(C)(=O)=O)cc1. The summed E-state index contributed by atoms with van der Waals surface area (Å²) in [6.45, 7) is 0.0161. The van der Waals surface area contributed by atoms with Gasteiger partial charge < -0.3 is 10.1 Å². The molecule has 1 aliphatic rings. The van der Waals surface area contributed by atoms with Crippen molar-refractivity contribution in [2.75, 3.05) is 19.9 Å². The first-order valence-corrected chi connectivity index (χ1v) is 10.6. The van der Waals surface area contributed by atoms with Gasteiger partial charge in [-0.1, -0.05) is 37.8 Å². The zero-order valence-corrected chi connectivity index (χ0v) is 15.8. The summed E-state index contributed by atoms with van der Waals surface area (Å²) in [4.78, 5) is 12.3. The smallest absolute Gasteiger partial charge is 0.235 e. The van der Waals surface area contributed by atoms with Crippen LogP contribution in [0, 0.1) is 0 Å². The van der Waals surface area contributed by atoms with Crippen molar-refractivity contribution >= 4 is 15.9 Å². The Morgan fingerprint density at radius 1 is 1.16 bits per heavy atom. The minimum atomic E-state index is -3.48. The zero-order chi connectivity index (χ0) is 18.3. The minimum absolute atomic E-state index is 0.151. The molecule has 1 amide bonds. The first-order valence-electron chi connectivity index (χ1n) is 8.76. The highest BCUT2D eigenvalue weighted by atomic mass is 32.2. The maximum Gasteiger partial charge on any atom is 0.235 e. The molecule has 25 heavy (non-hydrogen) atoms. The summed E-state index contributed by atoms with van der Waals surface area (Å²) >= 11 is 0. The van der Waals surface area contributed by atoms with Crippen molar-refractivity contribution in [1.82, 2.24) is 9.62 Å². The molecule has 0 radical (unpaired) electrons. The summed E-state index contributed by atoms with van der Waals surface area (Å²) in [6, 6.07) is 7.33. The molecule has 1 aromatic rings. The number of benzene rings is 1. The van der Waals surface area contributed by atoms with Crippen molar-refractivity contribution in [3.8, 4) is 5.75 Å². The Labute approximate surface area is 150 Å². The van der Waals surface area contributed by atoms with Crippen LogP contribution in [0.2, 0.25) is 0 Å². The fourth-order valence-electron chi connectivity index (χ4n) is 3.08. The minimum Gasteiger partial charge on any atom is -0.497 e. The van der Waals surface area contributed by atoms with Crippen LogP contribution in [0.25, 0.3) is 0 Å². The highest BCUT2D eigenvalue weighted by Gasteiger charge is 2.22. The Morgan fingerprint density at radius 3 is 2.28 bits per heavy atom. The van der Waals surface area contributed by atoms with Gasteiger partial charge in [0.1, 0.15) is 5.75 Å². The van der Waals surface area contributed by atoms with Crippen molar-refractivity contribution in [3.63, 3.8) is 0 Å². The highest BCUT2D eigenvalue weighted by molar-refractivity contribution is 7.88. The van der Waals surface area contributed by atoms with Crippen molar-refractivity contribution in [3.05, 3.63) is 29.8 Å². The van der Waals surface area contributed by atoms with E-state index in [2.05, 4.69) is 5.32 Å². The van der Waals surface area contributed by atoms with Crippen LogP contribution in [0.3, 0.4) is 0 Å². The lowest BCUT2D eigenvalue weighted by Crippen LogP contribution is -2.43. The third-order valence-electron chi connectivity index (χ3n) is 4.53. The number of hydrogen-bond acceptors (Lipinski definition) is 4. The molecule has 1 aliphatic carbocycles. The molecule has 1 N–H and O–H groups in total. The second-order valence-corrected chi connectivity index (χ2v) is 8.62. The number of sulfonamides is 1. The van der Waals surface area contributed by atoms with Gasteiger partial charge in [0, 0.05) is 12.6 Å². The standard InChI is InChI=1S/C18H28N2O4S/c1-24-17-11-9-15(10-12-17)13-20(25(2,22)23)14-18(21)19-16-7-5-3-4-6-8-16/h9-12,16H,3-8,13-14H2,1-2H3,(H,19,21). The van der Waals surface area contributed by atoms with Crippen molar-refractivity contribution < 1.29 is 17.9 Å². The number of carbonyl (C=O) groups excluding carboxylic acids is 1. The van der Waals surface area contributed by atoms with E-state index in [0.29, 0.717) is 5.75 Å². The quantitative estimate of drug-likeness (QED) is 0.749. The molecular weight excluding hydrogens is 340 g/mol. The molecule has 0 unspecified atom stereocenters. The van der Waals surface area contributed by atoms with Crippen LogP contribution in [-0.4, -0.2) is 44.6 Å². The molecule has 6 nitrogen and oxygen atoms in total. The Bertz CT molecular complexity index is 650. The van der Waals surface area contributed by atoms with Crippen LogP contribution >= 0.6 is 0 Å². The van der Waals surface area contributed by atoms with Crippen LogP contribution in [0.15, 0.2) is 24.3 Å². The van der Waals surface area contributed by atoms with E-state index < -0.39 is 10.0 Å². The molecule has 1 fully saturated rings. The number of amides is 1. The topological polar surface area (TPSA) is 75.7 Å². The number of ether oxygens (including phenoxy) is 1. The van der Waals surface area contributed by atoms with Gasteiger partial charge in [-0.15, -0.1) is 0 Å². The van der Waals surface area contributed by atoms with Crippen LogP contribution in [0.1, 0.15) is 44.1 Å². The van der Waals surface area contributed by atoms with Crippen LogP contribution in [-0.2, 0) is 21.4 Å². The number of methoxy groups -OCH3 is 1. The van der Waals surface area contributed by atoms with Gasteiger partial charge in [0.15, 0.2) is 0 Å². The van der Waals surface area contributed by atoms with E-state index in [1.807, 2.05) is 0 Å². The predicted molar refractivity (Wildman–Crippen MR) is 97.9 cm³/mol. The van der Waals surface area contributed by atoms with Crippen molar-refractivity contribution in [1.29, 1.82) is 0 Å². The molecule has 140 valence electrons. The number of rotatable bonds is 7. The largest absolute Gasteiger partial charge is 0.497 e. The van der Waals surface area contributed by atoms with Gasteiger partial charge in [-0.05, 0) is 30.5 Å². The van der Waals surface area contributed by atoms with Gasteiger partial charge >= 0.3 is 0 Å². The molecule has 0 aliphatic heterocycles. The Morgan fingerprint density at radius 2 is 1.76 bits per heavy atom. The molecule has 7 heteroatoms. The lowest BCUT2D eigenvalue weighted by atomic mass is 10.1. The van der Waals surface area contributed by atoms with E-state index in [1.165, 1.54) is 17.1 Å². The maximum absolute atomic E-state index is 12.3. The highest BCUT2D eigenvalue weighted by Crippen LogP contribution is 2.18. The van der Waals surface area contributed by atoms with Crippen LogP contribution in [0.4, 0.5) is 0 Å². The molecule has 0 aromatic heterocycles. The van der Waals surface area contributed by atoms with Gasteiger partial charge in [0.2, 0.25) is 15.9 Å². The second-order valence-electron chi connectivity index (χ2n) is 6.64. The van der Waals surface area contributed by atoms with Gasteiger partial charge in [-0.3, -0.25) is 4.79 Å². The molecule has 1 saturated carbocycles. The first kappa shape index (κ1) is 19.7. The monoisotopic (exact) mass is 368 g/mol. The summed E-state index contributed by atoms with van der Waals surface area (Å²) in [7, 11) is -1.90. The fraction of sp³-hybridized carbons (Fsp3) is 0.611. The molecule has 1 aromatic carbocycles. The lowest BCUT2D eigenvalue weighted by molar-refractivity contribution is -0.122. The van der Waals surface area contributed by atoms with E-state index >= 15 is 0 Å². The summed E-state index contributed by atoms with van der Waals surface area (Å²) in [6.07, 6.45) is 7.74. The van der Waals surface area contributed by atoms with Gasteiger partial charge in [-0.25, -0.2) is 8.42 Å². The third-order valence-corrected chi connectivity index (χ3v) is 5.72. The average molecular weight is 368 g/mol. The van der Waals surface area contributed by atoms with Gasteiger partial charge in [0.25, 0.3) is 0 Å². The van der Waals surface area contributed by atoms with Crippen LogP contribution in [0.5, 0.6) is 5.75 Å². The Balaban J connectivity index is 1.98. The third kappa shape index (κ3) is 6.66. The summed E-state index contributed by atoms with van der Waals surface area (Å²) < 4.78 is 30.4. The first-order chi connectivity index (χ1) is 11.9. The molecule has 0 heterocycles. The molecular formula is C18H28N2O4S. The lowest BCUT2D eigenvalue weighted by Gasteiger charge is -2.22. The van der Waals surface area contributed by atoms with E-state index in [-0.39, 0.29) is 25.0 Å². The molecule has 0 atom stereocenters.